The normalized spacial score (nSPS) is 19.8. The van der Waals surface area contributed by atoms with Crippen LogP contribution >= 0.6 is 11.3 Å². The van der Waals surface area contributed by atoms with Crippen molar-refractivity contribution >= 4 is 75.0 Å². The van der Waals surface area contributed by atoms with Gasteiger partial charge in [0.15, 0.2) is 11.5 Å². The molecule has 4 aliphatic heterocycles. The van der Waals surface area contributed by atoms with E-state index < -0.39 is 46.2 Å². The smallest absolute Gasteiger partial charge is 0.258 e. The third-order valence-electron chi connectivity index (χ3n) is 20.9. The summed E-state index contributed by atoms with van der Waals surface area (Å²) in [6, 6.07) is 15.4. The van der Waals surface area contributed by atoms with Crippen molar-refractivity contribution in [2.75, 3.05) is 89.2 Å². The Morgan fingerprint density at radius 2 is 1.48 bits per heavy atom. The summed E-state index contributed by atoms with van der Waals surface area (Å²) in [4.78, 5) is 106. The molecular formula is C76H98F2N12O10S. The molecule has 0 bridgehead atoms. The minimum atomic E-state index is -1.94. The number of aromatic nitrogens is 4. The van der Waals surface area contributed by atoms with Crippen molar-refractivity contribution in [1.29, 1.82) is 0 Å². The molecule has 2 saturated carbocycles. The van der Waals surface area contributed by atoms with Crippen molar-refractivity contribution < 1.29 is 56.5 Å². The fourth-order valence-corrected chi connectivity index (χ4v) is 15.7. The van der Waals surface area contributed by atoms with E-state index in [0.29, 0.717) is 111 Å². The molecule has 22 nitrogen and oxygen atoms in total. The lowest BCUT2D eigenvalue weighted by Crippen LogP contribution is -2.58. The highest BCUT2D eigenvalue weighted by atomic mass is 32.1. The van der Waals surface area contributed by atoms with E-state index in [-0.39, 0.29) is 99.7 Å². The van der Waals surface area contributed by atoms with Crippen LogP contribution in [0.3, 0.4) is 0 Å². The van der Waals surface area contributed by atoms with Gasteiger partial charge in [0.2, 0.25) is 23.6 Å². The third kappa shape index (κ3) is 16.0. The minimum Gasteiger partial charge on any atom is -0.491 e. The van der Waals surface area contributed by atoms with Crippen LogP contribution in [-0.2, 0) is 50.1 Å². The molecule has 101 heavy (non-hydrogen) atoms. The molecule has 2 aliphatic carbocycles. The standard InChI is InChI=1S/C76H98F2N12O10S/c1-46(2)82-69(92)55-41-59(57(77)36-48(55)5)84-68-65-60(80-44-89(65)47(3)4)42-58(83-68)50-17-18-56-62(37-50)90(54-39-53(40-54)86-24-11-10-12-25-86)73(96)75(56)22-27-87(28-23-75)64(91)19-29-97-30-31-98-32-33-99-34-35-100-63-38-51(66-49(6)81-45-101-66)15-16-52(63)43-79-70(93)61-14-13-26-88(61)71(94)67(74(7,8)9)85-72(95)76(78)20-21-76/h15-18,36-38,41-42,44-47,53-54,61,67H,10-14,19-35,39-40,43H2,1-9H3,(H,79,93)(H,82,92)(H,83,84)(H,85,95)/t53?,54?,61-,67+/m1/s1. The van der Waals surface area contributed by atoms with Gasteiger partial charge >= 0.3 is 0 Å². The van der Waals surface area contributed by atoms with Crippen LogP contribution in [0.1, 0.15) is 164 Å². The Hall–Kier alpha value is -7.97. The number of carbonyl (C=O) groups excluding carboxylic acids is 6. The largest absolute Gasteiger partial charge is 0.491 e. The Morgan fingerprint density at radius 1 is 0.772 bits per heavy atom. The van der Waals surface area contributed by atoms with Crippen molar-refractivity contribution in [2.24, 2.45) is 5.41 Å². The summed E-state index contributed by atoms with van der Waals surface area (Å²) in [7, 11) is 0. The molecule has 0 radical (unpaired) electrons. The molecule has 0 unspecified atom stereocenters. The van der Waals surface area contributed by atoms with Gasteiger partial charge in [-0.1, -0.05) is 51.5 Å². The maximum Gasteiger partial charge on any atom is 0.258 e. The van der Waals surface area contributed by atoms with E-state index in [4.69, 9.17) is 28.9 Å². The summed E-state index contributed by atoms with van der Waals surface area (Å²) < 4.78 is 56.5. The molecule has 3 saturated heterocycles. The Morgan fingerprint density at radius 3 is 2.15 bits per heavy atom. The minimum absolute atomic E-state index is 0.00143. The van der Waals surface area contributed by atoms with Gasteiger partial charge in [0, 0.05) is 72.7 Å². The number of hydrogen-bond donors (Lipinski definition) is 4. The third-order valence-corrected chi connectivity index (χ3v) is 21.9. The number of hydrogen-bond acceptors (Lipinski definition) is 16. The van der Waals surface area contributed by atoms with E-state index in [1.807, 2.05) is 95.2 Å². The second-order valence-corrected chi connectivity index (χ2v) is 30.6. The summed E-state index contributed by atoms with van der Waals surface area (Å²) >= 11 is 1.52. The fourth-order valence-electron chi connectivity index (χ4n) is 14.9. The highest BCUT2D eigenvalue weighted by Gasteiger charge is 2.57. The number of nitrogens with one attached hydrogen (secondary N) is 4. The van der Waals surface area contributed by atoms with Crippen LogP contribution in [0.15, 0.2) is 66.4 Å². The van der Waals surface area contributed by atoms with Gasteiger partial charge in [0.25, 0.3) is 11.8 Å². The number of likely N-dealkylation sites (tertiary alicyclic amines) is 3. The van der Waals surface area contributed by atoms with Crippen LogP contribution in [0, 0.1) is 25.1 Å². The van der Waals surface area contributed by atoms with Gasteiger partial charge in [0.1, 0.15) is 35.8 Å². The molecule has 12 rings (SSSR count). The van der Waals surface area contributed by atoms with Crippen molar-refractivity contribution in [1.82, 2.24) is 50.2 Å². The fraction of sp³-hybridized carbons (Fsp3) is 0.566. The van der Waals surface area contributed by atoms with Crippen LogP contribution in [0.5, 0.6) is 5.75 Å². The second kappa shape index (κ2) is 30.9. The number of ether oxygens (including phenoxy) is 4. The number of aryl methyl sites for hydroxylation is 2. The highest BCUT2D eigenvalue weighted by molar-refractivity contribution is 7.13. The number of fused-ring (bicyclic) bond motifs is 3. The summed E-state index contributed by atoms with van der Waals surface area (Å²) in [5, 5.41) is 11.9. The van der Waals surface area contributed by atoms with E-state index >= 15 is 9.18 Å². The average Bonchev–Trinajstić information content (AvgIpc) is 1.56. The van der Waals surface area contributed by atoms with Crippen LogP contribution < -0.4 is 30.9 Å². The molecule has 4 N–H and O–H groups in total. The van der Waals surface area contributed by atoms with E-state index in [2.05, 4.69) is 48.2 Å². The Labute approximate surface area is 594 Å². The summed E-state index contributed by atoms with van der Waals surface area (Å²) in [5.74, 6) is -1.35. The number of piperidine rings is 2. The van der Waals surface area contributed by atoms with Gasteiger partial charge < -0.3 is 64.4 Å². The number of rotatable bonds is 28. The van der Waals surface area contributed by atoms with Crippen LogP contribution in [0.4, 0.5) is 26.0 Å². The van der Waals surface area contributed by atoms with E-state index in [1.54, 1.807) is 18.8 Å². The zero-order valence-corrected chi connectivity index (χ0v) is 60.6. The number of halogens is 2. The van der Waals surface area contributed by atoms with Gasteiger partial charge in [-0.15, -0.1) is 11.3 Å². The lowest BCUT2D eigenvalue weighted by Gasteiger charge is -2.48. The first kappa shape index (κ1) is 72.8. The predicted octanol–water partition coefficient (Wildman–Crippen LogP) is 10.8. The highest BCUT2D eigenvalue weighted by Crippen LogP contribution is 2.53. The number of pyridine rings is 1. The SMILES string of the molecule is Cc1cc(F)c(Nc2nc(-c3ccc4c(c3)N(C3CC(N5CCCCC5)C3)C(=O)C43CCN(C(=O)CCOCCOCCOCCOc4cc(-c5scnc5C)ccc4CNC(=O)[C@H]4CCCN4C(=O)[C@H](NC(=O)C4(F)CC4)C(C)(C)C)CC3)cc3ncn(C(C)C)c23)cc1C(=O)NC(C)C. The Kier molecular flexibility index (Phi) is 22.3. The maximum absolute atomic E-state index is 16.0. The number of nitrogens with zero attached hydrogens (tertiary/aromatic N) is 8. The van der Waals surface area contributed by atoms with E-state index in [9.17, 15) is 28.4 Å². The lowest BCUT2D eigenvalue weighted by molar-refractivity contribution is -0.144. The van der Waals surface area contributed by atoms with Crippen molar-refractivity contribution in [3.63, 3.8) is 0 Å². The number of thiazole rings is 1. The van der Waals surface area contributed by atoms with Gasteiger partial charge in [-0.05, 0) is 171 Å². The van der Waals surface area contributed by atoms with Crippen LogP contribution in [0.25, 0.3) is 32.7 Å². The molecule has 542 valence electrons. The first-order valence-electron chi connectivity index (χ1n) is 36.1. The van der Waals surface area contributed by atoms with Gasteiger partial charge in [-0.3, -0.25) is 28.8 Å². The van der Waals surface area contributed by atoms with Crippen LogP contribution in [-0.4, -0.2) is 185 Å². The molecule has 3 aromatic heterocycles. The summed E-state index contributed by atoms with van der Waals surface area (Å²) in [6.45, 7) is 22.3. The zero-order valence-electron chi connectivity index (χ0n) is 59.8. The Balaban J connectivity index is 0.619. The van der Waals surface area contributed by atoms with Gasteiger partial charge in [-0.2, -0.15) is 0 Å². The number of anilines is 3. The van der Waals surface area contributed by atoms with Crippen molar-refractivity contribution in [3.8, 4) is 27.4 Å². The molecule has 5 fully saturated rings. The first-order valence-corrected chi connectivity index (χ1v) is 37.0. The number of amides is 6. The number of benzene rings is 3. The molecule has 2 atom stereocenters. The number of alkyl halides is 1. The Bertz CT molecular complexity index is 4030. The molecule has 25 heteroatoms. The molecule has 7 heterocycles. The molecule has 6 aliphatic rings. The molecule has 3 aromatic carbocycles. The topological polar surface area (TPSA) is 244 Å². The quantitative estimate of drug-likeness (QED) is 0.0334. The number of carbonyl (C=O) groups is 6. The molecule has 6 amide bonds. The second-order valence-electron chi connectivity index (χ2n) is 29.8. The van der Waals surface area contributed by atoms with Gasteiger partial charge in [-0.25, -0.2) is 23.7 Å². The number of imidazole rings is 1. The predicted molar refractivity (Wildman–Crippen MR) is 383 cm³/mol. The molecule has 1 spiro atoms. The lowest BCUT2D eigenvalue weighted by atomic mass is 9.73. The monoisotopic (exact) mass is 1410 g/mol. The van der Waals surface area contributed by atoms with Crippen molar-refractivity contribution in [3.05, 3.63) is 100 Å². The van der Waals surface area contributed by atoms with Crippen LogP contribution in [0.2, 0.25) is 0 Å². The van der Waals surface area contributed by atoms with E-state index in [1.165, 1.54) is 47.6 Å². The average molecular weight is 1410 g/mol. The van der Waals surface area contributed by atoms with E-state index in [0.717, 1.165) is 64.4 Å². The molecular weight excluding hydrogens is 1310 g/mol. The molecule has 6 aromatic rings. The maximum atomic E-state index is 16.0. The summed E-state index contributed by atoms with van der Waals surface area (Å²) in [6.07, 6.45) is 9.64. The van der Waals surface area contributed by atoms with Crippen molar-refractivity contribution in [2.45, 2.75) is 193 Å². The first-order chi connectivity index (χ1) is 48.4. The zero-order chi connectivity index (χ0) is 71.5. The van der Waals surface area contributed by atoms with Gasteiger partial charge in [0.05, 0.1) is 90.8 Å². The summed E-state index contributed by atoms with van der Waals surface area (Å²) in [5.41, 5.74) is 6.34.